The molecule has 0 amide bonds. The van der Waals surface area contributed by atoms with Crippen molar-refractivity contribution in [3.05, 3.63) is 58.6 Å². The summed E-state index contributed by atoms with van der Waals surface area (Å²) in [5, 5.41) is 19.8. The Morgan fingerprint density at radius 2 is 1.97 bits per heavy atom. The van der Waals surface area contributed by atoms with Crippen molar-refractivity contribution in [1.29, 1.82) is 0 Å². The number of primary sulfonamides is 1. The molecule has 2 aromatic carbocycles. The van der Waals surface area contributed by atoms with Crippen molar-refractivity contribution < 1.29 is 22.9 Å². The number of sulfonamides is 1. The first-order valence-electron chi connectivity index (χ1n) is 9.61. The lowest BCUT2D eigenvalue weighted by Crippen LogP contribution is -2.32. The van der Waals surface area contributed by atoms with Gasteiger partial charge in [-0.05, 0) is 37.7 Å². The van der Waals surface area contributed by atoms with E-state index in [1.165, 1.54) is 19.2 Å². The van der Waals surface area contributed by atoms with Gasteiger partial charge in [-0.1, -0.05) is 18.2 Å². The second-order valence-corrected chi connectivity index (χ2v) is 9.70. The minimum Gasteiger partial charge on any atom is -0.468 e. The highest BCUT2D eigenvalue weighted by molar-refractivity contribution is 7.99. The zero-order valence-electron chi connectivity index (χ0n) is 17.8. The van der Waals surface area contributed by atoms with Crippen LogP contribution in [0, 0.1) is 10.1 Å². The van der Waals surface area contributed by atoms with Gasteiger partial charge in [-0.25, -0.2) is 13.6 Å². The molecule has 2 aromatic rings. The molecule has 0 saturated heterocycles. The van der Waals surface area contributed by atoms with Gasteiger partial charge < -0.3 is 10.1 Å². The van der Waals surface area contributed by atoms with E-state index in [1.54, 1.807) is 23.7 Å². The number of anilines is 1. The molecule has 0 aliphatic rings. The smallest absolute Gasteiger partial charge is 0.319 e. The Kier molecular flexibility index (Phi) is 9.44. The van der Waals surface area contributed by atoms with Crippen molar-refractivity contribution in [1.82, 2.24) is 4.90 Å². The number of nitrogens with two attached hydrogens (primary N) is 1. The first-order valence-corrected chi connectivity index (χ1v) is 12.1. The molecule has 174 valence electrons. The van der Waals surface area contributed by atoms with Crippen molar-refractivity contribution in [3.8, 4) is 0 Å². The van der Waals surface area contributed by atoms with Crippen LogP contribution in [0.1, 0.15) is 6.42 Å². The molecule has 0 aliphatic carbocycles. The fourth-order valence-corrected chi connectivity index (χ4v) is 4.36. The number of rotatable bonds is 12. The Bertz CT molecular complexity index is 1030. The largest absolute Gasteiger partial charge is 0.468 e. The maximum Gasteiger partial charge on any atom is 0.319 e. The van der Waals surface area contributed by atoms with E-state index in [0.717, 1.165) is 11.0 Å². The van der Waals surface area contributed by atoms with Crippen molar-refractivity contribution in [2.24, 2.45) is 5.14 Å². The lowest BCUT2D eigenvalue weighted by atomic mass is 10.2. The number of esters is 1. The molecule has 0 spiro atoms. The lowest BCUT2D eigenvalue weighted by molar-refractivity contribution is -0.384. The van der Waals surface area contributed by atoms with E-state index in [2.05, 4.69) is 10.1 Å². The summed E-state index contributed by atoms with van der Waals surface area (Å²) in [5.41, 5.74) is -0.189. The number of thioether (sulfide) groups is 1. The third kappa shape index (κ3) is 8.11. The number of nitro groups is 1. The van der Waals surface area contributed by atoms with E-state index in [1.807, 2.05) is 30.3 Å². The van der Waals surface area contributed by atoms with Gasteiger partial charge in [0.1, 0.15) is 5.69 Å². The molecule has 0 aliphatic heterocycles. The first-order chi connectivity index (χ1) is 15.1. The molecule has 12 heteroatoms. The molecule has 0 aromatic heterocycles. The fourth-order valence-electron chi connectivity index (χ4n) is 2.83. The van der Waals surface area contributed by atoms with Gasteiger partial charge in [-0.3, -0.25) is 19.8 Å². The summed E-state index contributed by atoms with van der Waals surface area (Å²) in [6, 6.07) is 13.0. The molecular weight excluding hydrogens is 456 g/mol. The van der Waals surface area contributed by atoms with E-state index >= 15 is 0 Å². The number of benzene rings is 2. The normalized spacial score (nSPS) is 12.4. The van der Waals surface area contributed by atoms with E-state index < -0.39 is 14.9 Å². The topological polar surface area (TPSA) is 145 Å². The molecular formula is C20H26N4O6S2. The third-order valence-electron chi connectivity index (χ3n) is 4.53. The maximum atomic E-state index is 11.6. The number of likely N-dealkylation sites (N-methyl/N-ethyl adjacent to an activating group) is 1. The van der Waals surface area contributed by atoms with Crippen LogP contribution < -0.4 is 10.5 Å². The lowest BCUT2D eigenvalue weighted by Gasteiger charge is -2.23. The number of hydrogen-bond donors (Lipinski definition) is 2. The van der Waals surface area contributed by atoms with E-state index in [9.17, 15) is 23.3 Å². The van der Waals surface area contributed by atoms with Crippen LogP contribution in [0.2, 0.25) is 0 Å². The molecule has 10 nitrogen and oxygen atoms in total. The standard InChI is InChI=1S/C20H26N4O6S2/c1-23(13-20(25)30-2)11-10-15(14-31-16-6-4-3-5-7-16)22-18-9-8-17(32(21,28)29)12-19(18)24(26)27/h3-9,12,15,22H,10-11,13-14H2,1-2H3,(H2,21,28,29)/t15-/m1/s1. The molecule has 0 unspecified atom stereocenters. The predicted molar refractivity (Wildman–Crippen MR) is 123 cm³/mol. The van der Waals surface area contributed by atoms with Gasteiger partial charge in [0.2, 0.25) is 10.0 Å². The van der Waals surface area contributed by atoms with E-state index in [0.29, 0.717) is 18.7 Å². The van der Waals surface area contributed by atoms with Gasteiger partial charge in [-0.15, -0.1) is 11.8 Å². The van der Waals surface area contributed by atoms with Crippen LogP contribution in [0.3, 0.4) is 0 Å². The Morgan fingerprint density at radius 3 is 2.56 bits per heavy atom. The molecule has 0 bridgehead atoms. The van der Waals surface area contributed by atoms with Crippen LogP contribution in [0.15, 0.2) is 58.3 Å². The van der Waals surface area contributed by atoms with E-state index in [4.69, 9.17) is 5.14 Å². The average molecular weight is 483 g/mol. The van der Waals surface area contributed by atoms with Crippen LogP contribution in [-0.2, 0) is 19.6 Å². The fraction of sp³-hybridized carbons (Fsp3) is 0.350. The zero-order chi connectivity index (χ0) is 23.7. The van der Waals surface area contributed by atoms with Crippen LogP contribution in [0.25, 0.3) is 0 Å². The van der Waals surface area contributed by atoms with Crippen LogP contribution in [-0.4, -0.2) is 63.3 Å². The van der Waals surface area contributed by atoms with Gasteiger partial charge in [0.25, 0.3) is 5.69 Å². The average Bonchev–Trinajstić information content (AvgIpc) is 2.75. The van der Waals surface area contributed by atoms with Crippen molar-refractivity contribution in [2.45, 2.75) is 22.3 Å². The summed E-state index contributed by atoms with van der Waals surface area (Å²) in [7, 11) is -0.972. The predicted octanol–water partition coefficient (Wildman–Crippen LogP) is 2.31. The number of nitrogens with zero attached hydrogens (tertiary/aromatic N) is 2. The summed E-state index contributed by atoms with van der Waals surface area (Å²) in [5.74, 6) is 0.231. The Hall–Kier alpha value is -2.67. The number of nitro benzene ring substituents is 1. The minimum atomic E-state index is -4.07. The van der Waals surface area contributed by atoms with Gasteiger partial charge in [0, 0.05) is 29.3 Å². The summed E-state index contributed by atoms with van der Waals surface area (Å²) in [6.45, 7) is 0.656. The molecule has 0 heterocycles. The van der Waals surface area contributed by atoms with Crippen LogP contribution in [0.5, 0.6) is 0 Å². The number of hydrogen-bond acceptors (Lipinski definition) is 9. The summed E-state index contributed by atoms with van der Waals surface area (Å²) < 4.78 is 27.8. The van der Waals surface area contributed by atoms with E-state index in [-0.39, 0.29) is 34.8 Å². The molecule has 0 radical (unpaired) electrons. The van der Waals surface area contributed by atoms with Crippen molar-refractivity contribution in [2.75, 3.05) is 38.3 Å². The first kappa shape index (κ1) is 25.6. The molecule has 3 N–H and O–H groups in total. The zero-order valence-corrected chi connectivity index (χ0v) is 19.4. The van der Waals surface area contributed by atoms with Crippen molar-refractivity contribution in [3.63, 3.8) is 0 Å². The SMILES string of the molecule is COC(=O)CN(C)CC[C@H](CSc1ccccc1)Nc1ccc(S(N)(=O)=O)cc1[N+](=O)[O-]. The van der Waals surface area contributed by atoms with Gasteiger partial charge in [0.15, 0.2) is 0 Å². The third-order valence-corrected chi connectivity index (χ3v) is 6.62. The molecule has 0 fully saturated rings. The molecule has 1 atom stereocenters. The highest BCUT2D eigenvalue weighted by atomic mass is 32.2. The molecule has 2 rings (SSSR count). The highest BCUT2D eigenvalue weighted by Gasteiger charge is 2.22. The summed E-state index contributed by atoms with van der Waals surface area (Å²) in [4.78, 5) is 24.9. The highest BCUT2D eigenvalue weighted by Crippen LogP contribution is 2.29. The summed E-state index contributed by atoms with van der Waals surface area (Å²) >= 11 is 1.58. The minimum absolute atomic E-state index is 0.123. The number of nitrogens with one attached hydrogen (secondary N) is 1. The number of methoxy groups -OCH3 is 1. The quantitative estimate of drug-likeness (QED) is 0.201. The Morgan fingerprint density at radius 1 is 1.28 bits per heavy atom. The summed E-state index contributed by atoms with van der Waals surface area (Å²) in [6.07, 6.45) is 0.571. The van der Waals surface area contributed by atoms with Crippen molar-refractivity contribution >= 4 is 39.1 Å². The number of ether oxygens (including phenoxy) is 1. The van der Waals surface area contributed by atoms with Crippen LogP contribution in [0.4, 0.5) is 11.4 Å². The second-order valence-electron chi connectivity index (χ2n) is 7.05. The van der Waals surface area contributed by atoms with Crippen LogP contribution >= 0.6 is 11.8 Å². The number of carbonyl (C=O) groups is 1. The number of carbonyl (C=O) groups excluding carboxylic acids is 1. The Labute approximate surface area is 191 Å². The monoisotopic (exact) mass is 482 g/mol. The maximum absolute atomic E-state index is 11.6. The molecule has 32 heavy (non-hydrogen) atoms. The Balaban J connectivity index is 2.20. The van der Waals surface area contributed by atoms with Gasteiger partial charge >= 0.3 is 5.97 Å². The second kappa shape index (κ2) is 11.8. The van der Waals surface area contributed by atoms with Gasteiger partial charge in [0.05, 0.1) is 23.5 Å². The molecule has 0 saturated carbocycles. The van der Waals surface area contributed by atoms with Gasteiger partial charge in [-0.2, -0.15) is 0 Å².